The molecular formula is C25H37FN4. The molecule has 1 aromatic carbocycles. The minimum absolute atomic E-state index is 0.0109. The van der Waals surface area contributed by atoms with Crippen molar-refractivity contribution < 1.29 is 4.39 Å². The van der Waals surface area contributed by atoms with Gasteiger partial charge in [-0.25, -0.2) is 4.39 Å². The molecule has 4 nitrogen and oxygen atoms in total. The van der Waals surface area contributed by atoms with Crippen molar-refractivity contribution in [3.05, 3.63) is 85.0 Å². The summed E-state index contributed by atoms with van der Waals surface area (Å²) < 4.78 is 13.2. The fraction of sp³-hybridized carbons (Fsp3) is 0.440. The number of hydrogen-bond acceptors (Lipinski definition) is 4. The Kier molecular flexibility index (Phi) is 8.58. The third kappa shape index (κ3) is 5.68. The molecule has 0 aromatic heterocycles. The normalized spacial score (nSPS) is 14.3. The minimum Gasteiger partial charge on any atom is -0.401 e. The van der Waals surface area contributed by atoms with Crippen LogP contribution in [0.5, 0.6) is 0 Å². The van der Waals surface area contributed by atoms with Gasteiger partial charge < -0.3 is 16.1 Å². The smallest absolute Gasteiger partial charge is 0.130 e. The Morgan fingerprint density at radius 1 is 1.13 bits per heavy atom. The number of hydrogen-bond donors (Lipinski definition) is 2. The summed E-state index contributed by atoms with van der Waals surface area (Å²) in [6.07, 6.45) is 5.58. The lowest BCUT2D eigenvalue weighted by molar-refractivity contribution is 0.200. The molecule has 1 fully saturated rings. The summed E-state index contributed by atoms with van der Waals surface area (Å²) in [5.74, 6) is 0. The fourth-order valence-corrected chi connectivity index (χ4v) is 3.95. The lowest BCUT2D eigenvalue weighted by Crippen LogP contribution is -2.46. The van der Waals surface area contributed by atoms with Gasteiger partial charge in [0.05, 0.1) is 18.8 Å². The first-order valence-electron chi connectivity index (χ1n) is 10.7. The molecule has 30 heavy (non-hydrogen) atoms. The number of alkyl halides is 1. The van der Waals surface area contributed by atoms with Gasteiger partial charge in [-0.1, -0.05) is 76.4 Å². The zero-order chi connectivity index (χ0) is 22.1. The molecule has 0 amide bonds. The number of nitrogens with zero attached hydrogens (tertiary/aromatic N) is 2. The van der Waals surface area contributed by atoms with Crippen LogP contribution in [0, 0.1) is 0 Å². The average molecular weight is 413 g/mol. The second-order valence-corrected chi connectivity index (χ2v) is 8.18. The highest BCUT2D eigenvalue weighted by Gasteiger charge is 2.43. The molecule has 0 saturated heterocycles. The Morgan fingerprint density at radius 2 is 1.80 bits per heavy atom. The van der Waals surface area contributed by atoms with Crippen LogP contribution in [0.15, 0.2) is 79.4 Å². The van der Waals surface area contributed by atoms with Crippen molar-refractivity contribution in [3.63, 3.8) is 0 Å². The first kappa shape index (κ1) is 23.6. The molecule has 3 N–H and O–H groups in total. The zero-order valence-corrected chi connectivity index (χ0v) is 18.4. The summed E-state index contributed by atoms with van der Waals surface area (Å²) in [5.41, 5.74) is 12.8. The van der Waals surface area contributed by atoms with Crippen molar-refractivity contribution in [3.8, 4) is 0 Å². The summed E-state index contributed by atoms with van der Waals surface area (Å²) in [7, 11) is 0. The Hall–Kier alpha value is -2.69. The van der Waals surface area contributed by atoms with E-state index in [0.29, 0.717) is 17.9 Å². The van der Waals surface area contributed by atoms with Crippen LogP contribution >= 0.6 is 0 Å². The highest BCUT2D eigenvalue weighted by Crippen LogP contribution is 2.49. The van der Waals surface area contributed by atoms with Crippen LogP contribution in [-0.2, 0) is 5.41 Å². The standard InChI is InChI=1S/C25H37FN4/c1-6-7-16-29(19-21(3)28-30(18-20(2)27)22(4)17-26)23(5)25(14-11-15-25)24-12-9-8-10-13-24/h8-10,12-13,28H,2-7,11,14-19,27H2,1H3. The van der Waals surface area contributed by atoms with Gasteiger partial charge in [0.1, 0.15) is 6.67 Å². The number of allylic oxidation sites excluding steroid dienone is 2. The molecule has 0 spiro atoms. The van der Waals surface area contributed by atoms with Crippen LogP contribution in [0.3, 0.4) is 0 Å². The molecule has 0 radical (unpaired) electrons. The molecular weight excluding hydrogens is 375 g/mol. The van der Waals surface area contributed by atoms with Gasteiger partial charge in [-0.05, 0) is 24.8 Å². The maximum absolute atomic E-state index is 13.2. The highest BCUT2D eigenvalue weighted by atomic mass is 19.1. The molecule has 1 aromatic rings. The van der Waals surface area contributed by atoms with E-state index >= 15 is 0 Å². The highest BCUT2D eigenvalue weighted by molar-refractivity contribution is 5.37. The number of unbranched alkanes of at least 4 members (excludes halogenated alkanes) is 1. The van der Waals surface area contributed by atoms with Crippen molar-refractivity contribution >= 4 is 0 Å². The number of rotatable bonds is 14. The number of halogens is 1. The molecule has 0 bridgehead atoms. The van der Waals surface area contributed by atoms with Gasteiger partial charge in [0.2, 0.25) is 0 Å². The second kappa shape index (κ2) is 10.9. The van der Waals surface area contributed by atoms with Crippen LogP contribution in [0.4, 0.5) is 4.39 Å². The van der Waals surface area contributed by atoms with Crippen molar-refractivity contribution in [2.45, 2.75) is 44.4 Å². The SMILES string of the molecule is C=C(N)CN(NC(=C)CN(CCCC)C(=C)C1(c2ccccc2)CCC1)C(=C)CF. The van der Waals surface area contributed by atoms with Gasteiger partial charge in [-0.3, -0.25) is 5.01 Å². The van der Waals surface area contributed by atoms with E-state index in [2.05, 4.69) is 73.9 Å². The van der Waals surface area contributed by atoms with E-state index in [1.807, 2.05) is 0 Å². The Labute approximate surface area is 181 Å². The molecule has 0 unspecified atom stereocenters. The molecule has 1 aliphatic carbocycles. The molecule has 0 heterocycles. The summed E-state index contributed by atoms with van der Waals surface area (Å²) in [6, 6.07) is 10.7. The van der Waals surface area contributed by atoms with Gasteiger partial charge in [-0.2, -0.15) is 0 Å². The van der Waals surface area contributed by atoms with Crippen molar-refractivity contribution in [1.82, 2.24) is 15.3 Å². The second-order valence-electron chi connectivity index (χ2n) is 8.18. The third-order valence-corrected chi connectivity index (χ3v) is 5.82. The van der Waals surface area contributed by atoms with Gasteiger partial charge in [-0.15, -0.1) is 0 Å². The lowest BCUT2D eigenvalue weighted by Gasteiger charge is -2.48. The first-order valence-corrected chi connectivity index (χ1v) is 10.7. The summed E-state index contributed by atoms with van der Waals surface area (Å²) in [6.45, 7) is 19.5. The predicted molar refractivity (Wildman–Crippen MR) is 125 cm³/mol. The van der Waals surface area contributed by atoms with Crippen LogP contribution < -0.4 is 11.2 Å². The topological polar surface area (TPSA) is 44.5 Å². The first-order chi connectivity index (χ1) is 14.3. The van der Waals surface area contributed by atoms with E-state index in [-0.39, 0.29) is 12.0 Å². The third-order valence-electron chi connectivity index (χ3n) is 5.82. The maximum Gasteiger partial charge on any atom is 0.130 e. The van der Waals surface area contributed by atoms with E-state index in [0.717, 1.165) is 43.6 Å². The zero-order valence-electron chi connectivity index (χ0n) is 18.4. The quantitative estimate of drug-likeness (QED) is 0.422. The van der Waals surface area contributed by atoms with E-state index in [1.54, 1.807) is 5.01 Å². The van der Waals surface area contributed by atoms with Gasteiger partial charge in [0, 0.05) is 29.1 Å². The largest absolute Gasteiger partial charge is 0.401 e. The van der Waals surface area contributed by atoms with E-state index in [4.69, 9.17) is 5.73 Å². The number of nitrogens with two attached hydrogens (primary N) is 1. The maximum atomic E-state index is 13.2. The van der Waals surface area contributed by atoms with E-state index in [9.17, 15) is 4.39 Å². The van der Waals surface area contributed by atoms with Crippen LogP contribution in [-0.4, -0.2) is 36.2 Å². The van der Waals surface area contributed by atoms with Crippen molar-refractivity contribution in [1.29, 1.82) is 0 Å². The van der Waals surface area contributed by atoms with Crippen molar-refractivity contribution in [2.75, 3.05) is 26.3 Å². The van der Waals surface area contributed by atoms with Gasteiger partial charge in [0.15, 0.2) is 0 Å². The number of nitrogens with one attached hydrogen (secondary N) is 1. The van der Waals surface area contributed by atoms with Gasteiger partial charge >= 0.3 is 0 Å². The molecule has 2 rings (SSSR count). The summed E-state index contributed by atoms with van der Waals surface area (Å²) in [4.78, 5) is 2.32. The monoisotopic (exact) mass is 412 g/mol. The fourth-order valence-electron chi connectivity index (χ4n) is 3.95. The summed E-state index contributed by atoms with van der Waals surface area (Å²) >= 11 is 0. The number of benzene rings is 1. The van der Waals surface area contributed by atoms with Crippen LogP contribution in [0.2, 0.25) is 0 Å². The summed E-state index contributed by atoms with van der Waals surface area (Å²) in [5, 5.41) is 1.57. The Bertz CT molecular complexity index is 752. The van der Waals surface area contributed by atoms with Gasteiger partial charge in [0.25, 0.3) is 0 Å². The Balaban J connectivity index is 2.16. The molecule has 5 heteroatoms. The van der Waals surface area contributed by atoms with Crippen LogP contribution in [0.25, 0.3) is 0 Å². The molecule has 1 saturated carbocycles. The molecule has 0 atom stereocenters. The van der Waals surface area contributed by atoms with E-state index < -0.39 is 6.67 Å². The minimum atomic E-state index is -0.670. The van der Waals surface area contributed by atoms with Crippen LogP contribution in [0.1, 0.15) is 44.6 Å². The molecule has 164 valence electrons. The molecule has 0 aliphatic heterocycles. The van der Waals surface area contributed by atoms with Crippen molar-refractivity contribution in [2.24, 2.45) is 5.73 Å². The predicted octanol–water partition coefficient (Wildman–Crippen LogP) is 5.00. The number of hydrazine groups is 1. The lowest BCUT2D eigenvalue weighted by atomic mass is 9.62. The Morgan fingerprint density at radius 3 is 2.30 bits per heavy atom. The van der Waals surface area contributed by atoms with E-state index in [1.165, 1.54) is 12.0 Å². The molecule has 1 aliphatic rings. The average Bonchev–Trinajstić information content (AvgIpc) is 2.69.